The summed E-state index contributed by atoms with van der Waals surface area (Å²) >= 11 is 0. The van der Waals surface area contributed by atoms with E-state index in [2.05, 4.69) is 0 Å². The van der Waals surface area contributed by atoms with E-state index in [1.807, 2.05) is 32.9 Å². The highest BCUT2D eigenvalue weighted by atomic mass is 16.4. The highest BCUT2D eigenvalue weighted by molar-refractivity contribution is 6.52. The minimum atomic E-state index is -1.36. The molecule has 1 aliphatic carbocycles. The van der Waals surface area contributed by atoms with Crippen LogP contribution in [0.3, 0.4) is 0 Å². The Labute approximate surface area is 79.4 Å². The maximum absolute atomic E-state index is 9.16. The summed E-state index contributed by atoms with van der Waals surface area (Å²) in [5, 5.41) is 18.3. The van der Waals surface area contributed by atoms with Crippen LogP contribution < -0.4 is 0 Å². The lowest BCUT2D eigenvalue weighted by Crippen LogP contribution is -2.17. The standard InChI is InChI=1S/C10H15BO2/c1-7-4-5-8(2)10(11(12)13)9(3)6-7/h5-6,12-13H,4H2,1-3H3. The van der Waals surface area contributed by atoms with Gasteiger partial charge in [0.15, 0.2) is 0 Å². The Kier molecular flexibility index (Phi) is 3.12. The van der Waals surface area contributed by atoms with Crippen molar-refractivity contribution in [2.75, 3.05) is 0 Å². The lowest BCUT2D eigenvalue weighted by molar-refractivity contribution is 0.419. The lowest BCUT2D eigenvalue weighted by Gasteiger charge is -2.07. The summed E-state index contributed by atoms with van der Waals surface area (Å²) in [6.45, 7) is 5.85. The highest BCUT2D eigenvalue weighted by Crippen LogP contribution is 2.23. The van der Waals surface area contributed by atoms with E-state index in [1.165, 1.54) is 5.57 Å². The fraction of sp³-hybridized carbons (Fsp3) is 0.400. The Morgan fingerprint density at radius 3 is 2.38 bits per heavy atom. The van der Waals surface area contributed by atoms with Crippen molar-refractivity contribution in [2.45, 2.75) is 27.2 Å². The number of hydrogen-bond acceptors (Lipinski definition) is 2. The van der Waals surface area contributed by atoms with Crippen molar-refractivity contribution < 1.29 is 10.0 Å². The molecule has 1 aliphatic rings. The van der Waals surface area contributed by atoms with E-state index in [9.17, 15) is 0 Å². The first-order valence-corrected chi connectivity index (χ1v) is 4.43. The molecule has 2 N–H and O–H groups in total. The predicted molar refractivity (Wildman–Crippen MR) is 55.0 cm³/mol. The van der Waals surface area contributed by atoms with Gasteiger partial charge < -0.3 is 10.0 Å². The summed E-state index contributed by atoms with van der Waals surface area (Å²) in [5.41, 5.74) is 3.78. The molecule has 70 valence electrons. The normalized spacial score (nSPS) is 17.9. The van der Waals surface area contributed by atoms with E-state index in [0.29, 0.717) is 5.47 Å². The minimum absolute atomic E-state index is 0.636. The number of hydrogen-bond donors (Lipinski definition) is 2. The van der Waals surface area contributed by atoms with E-state index >= 15 is 0 Å². The third-order valence-corrected chi connectivity index (χ3v) is 2.30. The van der Waals surface area contributed by atoms with Crippen molar-refractivity contribution in [1.29, 1.82) is 0 Å². The van der Waals surface area contributed by atoms with E-state index in [1.54, 1.807) is 0 Å². The monoisotopic (exact) mass is 178 g/mol. The summed E-state index contributed by atoms with van der Waals surface area (Å²) < 4.78 is 0. The van der Waals surface area contributed by atoms with Crippen molar-refractivity contribution in [3.05, 3.63) is 34.3 Å². The van der Waals surface area contributed by atoms with Crippen LogP contribution in [0, 0.1) is 0 Å². The summed E-state index contributed by atoms with van der Waals surface area (Å²) in [7, 11) is -1.36. The van der Waals surface area contributed by atoms with Gasteiger partial charge in [-0.05, 0) is 32.7 Å². The van der Waals surface area contributed by atoms with E-state index in [0.717, 1.165) is 17.6 Å². The van der Waals surface area contributed by atoms with Crippen molar-refractivity contribution >= 4 is 7.12 Å². The molecular weight excluding hydrogens is 163 g/mol. The molecule has 0 bridgehead atoms. The first kappa shape index (κ1) is 10.3. The Morgan fingerprint density at radius 2 is 1.85 bits per heavy atom. The first-order chi connectivity index (χ1) is 6.02. The maximum atomic E-state index is 9.16. The zero-order valence-corrected chi connectivity index (χ0v) is 8.33. The quantitative estimate of drug-likeness (QED) is 0.598. The van der Waals surface area contributed by atoms with Crippen LogP contribution in [0.4, 0.5) is 0 Å². The average molecular weight is 178 g/mol. The Morgan fingerprint density at radius 1 is 1.23 bits per heavy atom. The van der Waals surface area contributed by atoms with Crippen LogP contribution in [0.25, 0.3) is 0 Å². The molecule has 0 spiro atoms. The third-order valence-electron chi connectivity index (χ3n) is 2.30. The maximum Gasteiger partial charge on any atom is 0.488 e. The summed E-state index contributed by atoms with van der Waals surface area (Å²) in [6, 6.07) is 0. The summed E-state index contributed by atoms with van der Waals surface area (Å²) in [5.74, 6) is 0. The van der Waals surface area contributed by atoms with Gasteiger partial charge in [-0.15, -0.1) is 0 Å². The second-order valence-electron chi connectivity index (χ2n) is 3.55. The molecule has 13 heavy (non-hydrogen) atoms. The Bertz CT molecular complexity index is 298. The van der Waals surface area contributed by atoms with E-state index in [4.69, 9.17) is 10.0 Å². The molecule has 0 saturated carbocycles. The summed E-state index contributed by atoms with van der Waals surface area (Å²) in [6.07, 6.45) is 4.91. The molecule has 0 unspecified atom stereocenters. The van der Waals surface area contributed by atoms with Crippen LogP contribution >= 0.6 is 0 Å². The van der Waals surface area contributed by atoms with Crippen LogP contribution in [-0.4, -0.2) is 17.2 Å². The van der Waals surface area contributed by atoms with Gasteiger partial charge in [0.05, 0.1) is 0 Å². The summed E-state index contributed by atoms with van der Waals surface area (Å²) in [4.78, 5) is 0. The van der Waals surface area contributed by atoms with Crippen molar-refractivity contribution in [3.63, 3.8) is 0 Å². The number of allylic oxidation sites excluding steroid dienone is 6. The molecule has 3 heteroatoms. The molecule has 0 aliphatic heterocycles. The van der Waals surface area contributed by atoms with Gasteiger partial charge in [-0.3, -0.25) is 0 Å². The Balaban J connectivity index is 3.17. The SMILES string of the molecule is CC1=CC(C)=C(B(O)O)C(C)=CC1. The zero-order chi connectivity index (χ0) is 10.0. The van der Waals surface area contributed by atoms with Gasteiger partial charge in [-0.25, -0.2) is 0 Å². The largest absolute Gasteiger partial charge is 0.488 e. The fourth-order valence-corrected chi connectivity index (χ4v) is 1.65. The van der Waals surface area contributed by atoms with Crippen LogP contribution in [-0.2, 0) is 0 Å². The van der Waals surface area contributed by atoms with Gasteiger partial charge in [-0.1, -0.05) is 28.9 Å². The van der Waals surface area contributed by atoms with Gasteiger partial charge in [-0.2, -0.15) is 0 Å². The highest BCUT2D eigenvalue weighted by Gasteiger charge is 2.19. The topological polar surface area (TPSA) is 40.5 Å². The molecule has 2 nitrogen and oxygen atoms in total. The fourth-order valence-electron chi connectivity index (χ4n) is 1.65. The molecule has 0 heterocycles. The molecule has 0 radical (unpaired) electrons. The predicted octanol–water partition coefficient (Wildman–Crippen LogP) is 1.61. The molecule has 0 fully saturated rings. The van der Waals surface area contributed by atoms with Gasteiger partial charge >= 0.3 is 7.12 Å². The van der Waals surface area contributed by atoms with Gasteiger partial charge in [0, 0.05) is 0 Å². The average Bonchev–Trinajstić information content (AvgIpc) is 2.10. The molecule has 0 aromatic rings. The van der Waals surface area contributed by atoms with Crippen molar-refractivity contribution in [2.24, 2.45) is 0 Å². The second kappa shape index (κ2) is 3.94. The smallest absolute Gasteiger partial charge is 0.423 e. The second-order valence-corrected chi connectivity index (χ2v) is 3.55. The molecule has 0 saturated heterocycles. The van der Waals surface area contributed by atoms with Crippen LogP contribution in [0.5, 0.6) is 0 Å². The van der Waals surface area contributed by atoms with Gasteiger partial charge in [0.1, 0.15) is 0 Å². The molecule has 1 rings (SSSR count). The van der Waals surface area contributed by atoms with Gasteiger partial charge in [0.2, 0.25) is 0 Å². The molecular formula is C10H15BO2. The molecule has 0 aromatic carbocycles. The first-order valence-electron chi connectivity index (χ1n) is 4.43. The van der Waals surface area contributed by atoms with Gasteiger partial charge in [0.25, 0.3) is 0 Å². The van der Waals surface area contributed by atoms with Crippen molar-refractivity contribution in [1.82, 2.24) is 0 Å². The molecule has 0 aromatic heterocycles. The lowest BCUT2D eigenvalue weighted by atomic mass is 9.72. The van der Waals surface area contributed by atoms with Crippen LogP contribution in [0.1, 0.15) is 27.2 Å². The van der Waals surface area contributed by atoms with E-state index < -0.39 is 7.12 Å². The van der Waals surface area contributed by atoms with Crippen molar-refractivity contribution in [3.8, 4) is 0 Å². The van der Waals surface area contributed by atoms with Crippen LogP contribution in [0.2, 0.25) is 0 Å². The third kappa shape index (κ3) is 2.33. The molecule has 0 amide bonds. The number of rotatable bonds is 1. The minimum Gasteiger partial charge on any atom is -0.423 e. The Hall–Kier alpha value is -0.795. The molecule has 0 atom stereocenters. The van der Waals surface area contributed by atoms with E-state index in [-0.39, 0.29) is 0 Å². The zero-order valence-electron chi connectivity index (χ0n) is 8.33. The van der Waals surface area contributed by atoms with Crippen LogP contribution in [0.15, 0.2) is 34.3 Å².